The summed E-state index contributed by atoms with van der Waals surface area (Å²) in [5.74, 6) is 0.988. The monoisotopic (exact) mass is 314 g/mol. The minimum Gasteiger partial charge on any atom is -0.493 e. The molecule has 0 fully saturated rings. The summed E-state index contributed by atoms with van der Waals surface area (Å²) in [6, 6.07) is 3.45. The number of nitrogens with zero attached hydrogens (tertiary/aromatic N) is 1. The molecule has 1 rings (SSSR count). The number of benzene rings is 1. The summed E-state index contributed by atoms with van der Waals surface area (Å²) in [4.78, 5) is 13.7. The molecule has 0 unspecified atom stereocenters. The summed E-state index contributed by atoms with van der Waals surface area (Å²) in [7, 11) is 1.54. The van der Waals surface area contributed by atoms with Crippen molar-refractivity contribution in [3.8, 4) is 11.5 Å². The maximum atomic E-state index is 12.0. The van der Waals surface area contributed by atoms with Gasteiger partial charge in [-0.3, -0.25) is 4.79 Å². The first-order valence-corrected chi connectivity index (χ1v) is 7.42. The van der Waals surface area contributed by atoms with Crippen LogP contribution in [-0.4, -0.2) is 44.2 Å². The van der Waals surface area contributed by atoms with Crippen LogP contribution in [0.3, 0.4) is 0 Å². The van der Waals surface area contributed by atoms with Crippen LogP contribution in [0.15, 0.2) is 12.1 Å². The fourth-order valence-electron chi connectivity index (χ4n) is 2.08. The van der Waals surface area contributed by atoms with Crippen molar-refractivity contribution in [2.24, 2.45) is 5.73 Å². The molecule has 0 aliphatic carbocycles. The lowest BCUT2D eigenvalue weighted by atomic mass is 10.1. The van der Waals surface area contributed by atoms with Crippen LogP contribution in [0.25, 0.3) is 0 Å². The number of hydrogen-bond donors (Lipinski definition) is 1. The van der Waals surface area contributed by atoms with E-state index in [1.165, 1.54) is 7.11 Å². The van der Waals surface area contributed by atoms with Crippen molar-refractivity contribution in [2.45, 2.75) is 20.3 Å². The number of rotatable bonds is 8. The lowest BCUT2D eigenvalue weighted by molar-refractivity contribution is -0.133. The molecule has 0 aliphatic heterocycles. The Balaban J connectivity index is 2.92. The van der Waals surface area contributed by atoms with E-state index in [-0.39, 0.29) is 12.5 Å². The zero-order valence-electron chi connectivity index (χ0n) is 12.8. The van der Waals surface area contributed by atoms with Gasteiger partial charge in [-0.15, -0.1) is 0 Å². The van der Waals surface area contributed by atoms with Crippen molar-refractivity contribution >= 4 is 17.5 Å². The number of hydrogen-bond acceptors (Lipinski definition) is 4. The van der Waals surface area contributed by atoms with Crippen molar-refractivity contribution in [3.05, 3.63) is 22.7 Å². The Labute approximate surface area is 131 Å². The van der Waals surface area contributed by atoms with E-state index in [0.29, 0.717) is 42.6 Å². The average molecular weight is 315 g/mol. The summed E-state index contributed by atoms with van der Waals surface area (Å²) in [5.41, 5.74) is 6.45. The molecule has 0 spiro atoms. The number of likely N-dealkylation sites (N-methyl/N-ethyl adjacent to an activating group) is 1. The fourth-order valence-corrected chi connectivity index (χ4v) is 2.31. The van der Waals surface area contributed by atoms with Gasteiger partial charge in [-0.25, -0.2) is 0 Å². The molecule has 0 atom stereocenters. The number of amides is 1. The van der Waals surface area contributed by atoms with Crippen LogP contribution in [0, 0.1) is 0 Å². The molecule has 1 aromatic carbocycles. The maximum Gasteiger partial charge on any atom is 0.260 e. The third-order valence-electron chi connectivity index (χ3n) is 3.19. The maximum absolute atomic E-state index is 12.0. The van der Waals surface area contributed by atoms with E-state index in [2.05, 4.69) is 0 Å². The lowest BCUT2D eigenvalue weighted by Crippen LogP contribution is -2.34. The van der Waals surface area contributed by atoms with Gasteiger partial charge in [0.25, 0.3) is 5.91 Å². The Morgan fingerprint density at radius 2 is 2.00 bits per heavy atom. The quantitative estimate of drug-likeness (QED) is 0.798. The molecule has 0 aromatic heterocycles. The molecule has 5 nitrogen and oxygen atoms in total. The lowest BCUT2D eigenvalue weighted by Gasteiger charge is -2.20. The molecule has 0 saturated carbocycles. The van der Waals surface area contributed by atoms with Gasteiger partial charge >= 0.3 is 0 Å². The first-order valence-electron chi connectivity index (χ1n) is 7.04. The molecule has 118 valence electrons. The Morgan fingerprint density at radius 1 is 1.33 bits per heavy atom. The zero-order chi connectivity index (χ0) is 15.8. The number of ether oxygens (including phenoxy) is 2. The number of carbonyl (C=O) groups excluding carboxylic acids is 1. The number of carbonyl (C=O) groups is 1. The van der Waals surface area contributed by atoms with Crippen LogP contribution in [0.4, 0.5) is 0 Å². The number of nitrogens with two attached hydrogens (primary N) is 1. The molecule has 0 heterocycles. The molecular formula is C15H23ClN2O3. The minimum absolute atomic E-state index is 0.0305. The van der Waals surface area contributed by atoms with Gasteiger partial charge in [0.2, 0.25) is 0 Å². The van der Waals surface area contributed by atoms with Crippen LogP contribution in [-0.2, 0) is 11.2 Å². The molecule has 2 N–H and O–H groups in total. The normalized spacial score (nSPS) is 10.3. The molecule has 0 saturated heterocycles. The van der Waals surface area contributed by atoms with Gasteiger partial charge in [0.15, 0.2) is 18.1 Å². The Morgan fingerprint density at radius 3 is 2.52 bits per heavy atom. The van der Waals surface area contributed by atoms with Gasteiger partial charge < -0.3 is 20.1 Å². The smallest absolute Gasteiger partial charge is 0.260 e. The van der Waals surface area contributed by atoms with Crippen LogP contribution in [0.2, 0.25) is 5.02 Å². The molecule has 6 heteroatoms. The fraction of sp³-hybridized carbons (Fsp3) is 0.533. The van der Waals surface area contributed by atoms with Crippen LogP contribution in [0.1, 0.15) is 19.4 Å². The first-order chi connectivity index (χ1) is 10.1. The van der Waals surface area contributed by atoms with Crippen molar-refractivity contribution in [2.75, 3.05) is 33.4 Å². The van der Waals surface area contributed by atoms with Crippen LogP contribution >= 0.6 is 11.6 Å². The standard InChI is InChI=1S/C15H23ClN2O3/c1-4-18(5-2)14(19)10-21-15-11(6-7-17)8-12(16)9-13(15)20-3/h8-9H,4-7,10,17H2,1-3H3. The van der Waals surface area contributed by atoms with E-state index in [0.717, 1.165) is 5.56 Å². The summed E-state index contributed by atoms with van der Waals surface area (Å²) in [6.07, 6.45) is 0.603. The van der Waals surface area contributed by atoms with Gasteiger partial charge in [-0.05, 0) is 32.9 Å². The molecule has 0 bridgehead atoms. The molecule has 21 heavy (non-hydrogen) atoms. The second-order valence-electron chi connectivity index (χ2n) is 4.49. The van der Waals surface area contributed by atoms with E-state index >= 15 is 0 Å². The van der Waals surface area contributed by atoms with Crippen LogP contribution in [0.5, 0.6) is 11.5 Å². The second kappa shape index (κ2) is 8.74. The van der Waals surface area contributed by atoms with Crippen molar-refractivity contribution < 1.29 is 14.3 Å². The highest BCUT2D eigenvalue weighted by molar-refractivity contribution is 6.30. The zero-order valence-corrected chi connectivity index (χ0v) is 13.6. The SMILES string of the molecule is CCN(CC)C(=O)COc1c(CCN)cc(Cl)cc1OC. The summed E-state index contributed by atoms with van der Waals surface area (Å²) in [6.45, 7) is 5.62. The molecular weight excluding hydrogens is 292 g/mol. The second-order valence-corrected chi connectivity index (χ2v) is 4.93. The van der Waals surface area contributed by atoms with Crippen molar-refractivity contribution in [1.82, 2.24) is 4.90 Å². The van der Waals surface area contributed by atoms with Gasteiger partial charge in [-0.2, -0.15) is 0 Å². The Kier molecular flexibility index (Phi) is 7.32. The minimum atomic E-state index is -0.0595. The number of halogens is 1. The van der Waals surface area contributed by atoms with Crippen molar-refractivity contribution in [1.29, 1.82) is 0 Å². The average Bonchev–Trinajstić information content (AvgIpc) is 2.47. The largest absolute Gasteiger partial charge is 0.493 e. The van der Waals surface area contributed by atoms with Crippen LogP contribution < -0.4 is 15.2 Å². The predicted octanol–water partition coefficient (Wildman–Crippen LogP) is 2.10. The van der Waals surface area contributed by atoms with Gasteiger partial charge in [-0.1, -0.05) is 11.6 Å². The summed E-state index contributed by atoms with van der Waals surface area (Å²) >= 11 is 6.04. The number of methoxy groups -OCH3 is 1. The summed E-state index contributed by atoms with van der Waals surface area (Å²) < 4.78 is 11.0. The highest BCUT2D eigenvalue weighted by Crippen LogP contribution is 2.35. The third kappa shape index (κ3) is 4.79. The predicted molar refractivity (Wildman–Crippen MR) is 84.2 cm³/mol. The van der Waals surface area contributed by atoms with Crippen molar-refractivity contribution in [3.63, 3.8) is 0 Å². The first kappa shape index (κ1) is 17.6. The highest BCUT2D eigenvalue weighted by Gasteiger charge is 2.16. The molecule has 0 aliphatic rings. The van der Waals surface area contributed by atoms with Gasteiger partial charge in [0.1, 0.15) is 0 Å². The molecule has 1 amide bonds. The van der Waals surface area contributed by atoms with E-state index in [1.807, 2.05) is 13.8 Å². The Hall–Kier alpha value is -1.46. The third-order valence-corrected chi connectivity index (χ3v) is 3.40. The van der Waals surface area contributed by atoms with Gasteiger partial charge in [0.05, 0.1) is 7.11 Å². The van der Waals surface area contributed by atoms with Gasteiger partial charge in [0, 0.05) is 29.7 Å². The topological polar surface area (TPSA) is 64.8 Å². The Bertz CT molecular complexity index is 476. The van der Waals surface area contributed by atoms with E-state index in [1.54, 1.807) is 17.0 Å². The van der Waals surface area contributed by atoms with E-state index in [9.17, 15) is 4.79 Å². The summed E-state index contributed by atoms with van der Waals surface area (Å²) in [5, 5.41) is 0.553. The molecule has 1 aromatic rings. The highest BCUT2D eigenvalue weighted by atomic mass is 35.5. The molecule has 0 radical (unpaired) electrons. The van der Waals surface area contributed by atoms with E-state index < -0.39 is 0 Å². The van der Waals surface area contributed by atoms with E-state index in [4.69, 9.17) is 26.8 Å².